The molecule has 4 fully saturated rings. The zero-order valence-electron chi connectivity index (χ0n) is 6.92. The lowest BCUT2D eigenvalue weighted by Crippen LogP contribution is -2.56. The van der Waals surface area contributed by atoms with Crippen molar-refractivity contribution in [2.45, 2.75) is 37.6 Å². The fourth-order valence-corrected chi connectivity index (χ4v) is 3.83. The highest BCUT2D eigenvalue weighted by atomic mass is 14.8. The summed E-state index contributed by atoms with van der Waals surface area (Å²) in [6.07, 6.45) is 9.40. The van der Waals surface area contributed by atoms with Gasteiger partial charge in [0.1, 0.15) is 0 Å². The van der Waals surface area contributed by atoms with E-state index in [2.05, 4.69) is 6.42 Å². The fourth-order valence-electron chi connectivity index (χ4n) is 3.83. The maximum Gasteiger partial charge on any atom is 0.0162 e. The largest absolute Gasteiger partial charge is 0.325 e. The lowest BCUT2D eigenvalue weighted by Gasteiger charge is -2.55. The molecule has 61 valence electrons. The van der Waals surface area contributed by atoms with E-state index < -0.39 is 0 Å². The van der Waals surface area contributed by atoms with Crippen LogP contribution in [0.4, 0.5) is 0 Å². The molecule has 11 heavy (non-hydrogen) atoms. The van der Waals surface area contributed by atoms with Gasteiger partial charge in [-0.3, -0.25) is 0 Å². The van der Waals surface area contributed by atoms with Gasteiger partial charge < -0.3 is 5.73 Å². The van der Waals surface area contributed by atoms with Gasteiger partial charge in [0.25, 0.3) is 0 Å². The second-order valence-electron chi connectivity index (χ2n) is 5.02. The van der Waals surface area contributed by atoms with E-state index in [0.29, 0.717) is 0 Å². The predicted molar refractivity (Wildman–Crippen MR) is 44.8 cm³/mol. The van der Waals surface area contributed by atoms with Crippen LogP contribution < -0.4 is 5.73 Å². The first kappa shape index (κ1) is 6.47. The van der Waals surface area contributed by atoms with E-state index in [0.717, 1.165) is 17.8 Å². The van der Waals surface area contributed by atoms with Crippen molar-refractivity contribution in [3.05, 3.63) is 6.42 Å². The number of rotatable bonds is 0. The lowest BCUT2D eigenvalue weighted by atomic mass is 9.53. The van der Waals surface area contributed by atoms with Gasteiger partial charge >= 0.3 is 0 Å². The Morgan fingerprint density at radius 2 is 1.73 bits per heavy atom. The van der Waals surface area contributed by atoms with E-state index in [1.807, 2.05) is 0 Å². The maximum atomic E-state index is 6.30. The number of hydrogen-bond acceptors (Lipinski definition) is 1. The molecule has 4 bridgehead atoms. The van der Waals surface area contributed by atoms with Crippen LogP contribution in [-0.4, -0.2) is 5.54 Å². The van der Waals surface area contributed by atoms with Crippen LogP contribution in [0, 0.1) is 24.2 Å². The SMILES string of the molecule is NC12CC3[CH]C(CC(C3)C1)C2. The van der Waals surface area contributed by atoms with E-state index in [-0.39, 0.29) is 5.54 Å². The molecule has 0 spiro atoms. The third-order valence-corrected chi connectivity index (χ3v) is 3.85. The van der Waals surface area contributed by atoms with E-state index >= 15 is 0 Å². The van der Waals surface area contributed by atoms with Crippen molar-refractivity contribution in [1.29, 1.82) is 0 Å². The summed E-state index contributed by atoms with van der Waals surface area (Å²) in [7, 11) is 0. The van der Waals surface area contributed by atoms with Crippen molar-refractivity contribution in [1.82, 2.24) is 0 Å². The van der Waals surface area contributed by atoms with Gasteiger partial charge in [0.05, 0.1) is 0 Å². The Labute approximate surface area is 68.3 Å². The monoisotopic (exact) mass is 150 g/mol. The Hall–Kier alpha value is -0.0400. The number of hydrogen-bond donors (Lipinski definition) is 1. The van der Waals surface area contributed by atoms with Crippen LogP contribution in [0.2, 0.25) is 0 Å². The molecule has 0 aromatic rings. The van der Waals surface area contributed by atoms with E-state index in [4.69, 9.17) is 5.73 Å². The Balaban J connectivity index is 1.94. The molecule has 2 N–H and O–H groups in total. The molecule has 2 atom stereocenters. The van der Waals surface area contributed by atoms with Crippen LogP contribution >= 0.6 is 0 Å². The highest BCUT2D eigenvalue weighted by molar-refractivity contribution is 5.10. The average Bonchev–Trinajstić information content (AvgIpc) is 1.79. The Morgan fingerprint density at radius 1 is 1.09 bits per heavy atom. The van der Waals surface area contributed by atoms with Crippen LogP contribution in [0.5, 0.6) is 0 Å². The summed E-state index contributed by atoms with van der Waals surface area (Å²) >= 11 is 0. The first-order chi connectivity index (χ1) is 5.23. The zero-order valence-corrected chi connectivity index (χ0v) is 6.92. The molecular formula is C10H16N. The van der Waals surface area contributed by atoms with Crippen LogP contribution in [0.25, 0.3) is 0 Å². The highest BCUT2D eigenvalue weighted by Crippen LogP contribution is 2.53. The second kappa shape index (κ2) is 1.82. The van der Waals surface area contributed by atoms with Gasteiger partial charge in [-0.2, -0.15) is 0 Å². The molecule has 4 aliphatic carbocycles. The van der Waals surface area contributed by atoms with Gasteiger partial charge in [0, 0.05) is 5.54 Å². The normalized spacial score (nSPS) is 60.3. The van der Waals surface area contributed by atoms with Crippen molar-refractivity contribution >= 4 is 0 Å². The Kier molecular flexibility index (Phi) is 1.07. The minimum atomic E-state index is 0.269. The first-order valence-corrected chi connectivity index (χ1v) is 4.87. The molecule has 0 heterocycles. The van der Waals surface area contributed by atoms with Gasteiger partial charge in [-0.05, 0) is 56.3 Å². The van der Waals surface area contributed by atoms with Gasteiger partial charge in [-0.1, -0.05) is 0 Å². The summed E-state index contributed by atoms with van der Waals surface area (Å²) in [6, 6.07) is 0. The van der Waals surface area contributed by atoms with E-state index in [1.54, 1.807) is 0 Å². The van der Waals surface area contributed by atoms with Gasteiger partial charge in [0.15, 0.2) is 0 Å². The molecule has 2 unspecified atom stereocenters. The summed E-state index contributed by atoms with van der Waals surface area (Å²) in [5.41, 5.74) is 6.57. The fraction of sp³-hybridized carbons (Fsp3) is 0.900. The van der Waals surface area contributed by atoms with Gasteiger partial charge in [-0.15, -0.1) is 0 Å². The standard InChI is InChI=1S/C10H16N/c11-10-4-7-1-8(5-10)3-9(2-7)6-10/h1,7-9H,2-6,11H2. The summed E-state index contributed by atoms with van der Waals surface area (Å²) in [4.78, 5) is 0. The molecular weight excluding hydrogens is 134 g/mol. The summed E-state index contributed by atoms with van der Waals surface area (Å²) in [5.74, 6) is 2.78. The second-order valence-corrected chi connectivity index (χ2v) is 5.02. The molecule has 1 nitrogen and oxygen atoms in total. The minimum absolute atomic E-state index is 0.269. The van der Waals surface area contributed by atoms with Crippen LogP contribution in [0.15, 0.2) is 0 Å². The molecule has 0 aromatic heterocycles. The molecule has 4 rings (SSSR count). The molecule has 0 amide bonds. The minimum Gasteiger partial charge on any atom is -0.325 e. The zero-order chi connectivity index (χ0) is 7.47. The van der Waals surface area contributed by atoms with Crippen molar-refractivity contribution in [3.63, 3.8) is 0 Å². The van der Waals surface area contributed by atoms with Gasteiger partial charge in [0.2, 0.25) is 0 Å². The van der Waals surface area contributed by atoms with Gasteiger partial charge in [-0.25, -0.2) is 0 Å². The topological polar surface area (TPSA) is 26.0 Å². The molecule has 0 aliphatic heterocycles. The third kappa shape index (κ3) is 0.868. The third-order valence-electron chi connectivity index (χ3n) is 3.85. The maximum absolute atomic E-state index is 6.30. The molecule has 0 saturated heterocycles. The predicted octanol–water partition coefficient (Wildman–Crippen LogP) is 1.73. The van der Waals surface area contributed by atoms with E-state index in [9.17, 15) is 0 Å². The van der Waals surface area contributed by atoms with Crippen molar-refractivity contribution in [2.75, 3.05) is 0 Å². The molecule has 0 aromatic carbocycles. The summed E-state index contributed by atoms with van der Waals surface area (Å²) in [5, 5.41) is 0. The lowest BCUT2D eigenvalue weighted by molar-refractivity contribution is 0.0416. The molecule has 4 saturated carbocycles. The molecule has 4 aliphatic rings. The van der Waals surface area contributed by atoms with Crippen molar-refractivity contribution in [2.24, 2.45) is 23.5 Å². The summed E-state index contributed by atoms with van der Waals surface area (Å²) in [6.45, 7) is 0. The average molecular weight is 150 g/mol. The van der Waals surface area contributed by atoms with E-state index in [1.165, 1.54) is 32.1 Å². The quantitative estimate of drug-likeness (QED) is 0.559. The van der Waals surface area contributed by atoms with Crippen LogP contribution in [-0.2, 0) is 0 Å². The molecule has 1 radical (unpaired) electrons. The van der Waals surface area contributed by atoms with Crippen molar-refractivity contribution < 1.29 is 0 Å². The van der Waals surface area contributed by atoms with Crippen LogP contribution in [0.3, 0.4) is 0 Å². The highest BCUT2D eigenvalue weighted by Gasteiger charge is 2.48. The molecule has 1 heteroatoms. The van der Waals surface area contributed by atoms with Crippen LogP contribution in [0.1, 0.15) is 32.1 Å². The smallest absolute Gasteiger partial charge is 0.0162 e. The van der Waals surface area contributed by atoms with Crippen molar-refractivity contribution in [3.8, 4) is 0 Å². The number of nitrogens with two attached hydrogens (primary N) is 1. The first-order valence-electron chi connectivity index (χ1n) is 4.87. The Bertz CT molecular complexity index is 150. The summed E-state index contributed by atoms with van der Waals surface area (Å²) < 4.78 is 0. The Morgan fingerprint density at radius 3 is 2.18 bits per heavy atom.